The smallest absolute Gasteiger partial charge is 0.241 e. The van der Waals surface area contributed by atoms with Crippen LogP contribution < -0.4 is 15.4 Å². The van der Waals surface area contributed by atoms with Crippen molar-refractivity contribution in [2.24, 2.45) is 11.8 Å². The molecule has 2 heterocycles. The summed E-state index contributed by atoms with van der Waals surface area (Å²) in [5.41, 5.74) is 6.83. The van der Waals surface area contributed by atoms with Gasteiger partial charge in [0.05, 0.1) is 29.8 Å². The molecule has 5 aromatic rings. The van der Waals surface area contributed by atoms with Crippen molar-refractivity contribution in [3.8, 4) is 11.1 Å². The molecular formula is C56H68N4O7S. The molecule has 3 aliphatic rings. The molecule has 68 heavy (non-hydrogen) atoms. The van der Waals surface area contributed by atoms with Crippen molar-refractivity contribution in [3.63, 3.8) is 0 Å². The molecule has 2 saturated heterocycles. The number of aliphatic hydroxyl groups is 1. The number of aryl methyl sites for hydroxylation is 1. The van der Waals surface area contributed by atoms with Crippen molar-refractivity contribution < 1.29 is 32.6 Å². The average Bonchev–Trinajstić information content (AvgIpc) is 3.33. The normalized spacial score (nSPS) is 23.8. The van der Waals surface area contributed by atoms with Crippen LogP contribution in [0.2, 0.25) is 0 Å². The van der Waals surface area contributed by atoms with Gasteiger partial charge in [-0.2, -0.15) is 4.72 Å². The number of piperidine rings is 1. The van der Waals surface area contributed by atoms with Crippen LogP contribution in [0.5, 0.6) is 0 Å². The van der Waals surface area contributed by atoms with E-state index in [-0.39, 0.29) is 60.1 Å². The Morgan fingerprint density at radius 3 is 2.16 bits per heavy atom. The number of carbonyl (C=O) groups is 2. The minimum atomic E-state index is -4.00. The molecule has 0 bridgehead atoms. The van der Waals surface area contributed by atoms with E-state index in [1.165, 1.54) is 12.8 Å². The lowest BCUT2D eigenvalue weighted by atomic mass is 9.75. The van der Waals surface area contributed by atoms with E-state index in [0.717, 1.165) is 70.2 Å². The second kappa shape index (κ2) is 21.6. The van der Waals surface area contributed by atoms with Gasteiger partial charge >= 0.3 is 0 Å². The first kappa shape index (κ1) is 49.2. The van der Waals surface area contributed by atoms with Crippen LogP contribution in [0.1, 0.15) is 112 Å². The fourth-order valence-electron chi connectivity index (χ4n) is 10.4. The maximum atomic E-state index is 14.0. The summed E-state index contributed by atoms with van der Waals surface area (Å²) in [5, 5.41) is 16.2. The number of sulfonamides is 1. The molecule has 8 atom stereocenters. The summed E-state index contributed by atoms with van der Waals surface area (Å²) in [6.07, 6.45) is 5.45. The number of ether oxygens (including phenoxy) is 2. The molecule has 1 saturated carbocycles. The molecule has 2 aliphatic heterocycles. The van der Waals surface area contributed by atoms with Crippen LogP contribution in [0.15, 0.2) is 132 Å². The Morgan fingerprint density at radius 2 is 1.46 bits per heavy atom. The maximum Gasteiger partial charge on any atom is 0.241 e. The third kappa shape index (κ3) is 12.0. The van der Waals surface area contributed by atoms with Gasteiger partial charge in [-0.3, -0.25) is 14.5 Å². The quantitative estimate of drug-likeness (QED) is 0.0814. The van der Waals surface area contributed by atoms with Gasteiger partial charge in [-0.15, -0.1) is 0 Å². The summed E-state index contributed by atoms with van der Waals surface area (Å²) in [4.78, 5) is 30.6. The molecule has 12 heteroatoms. The van der Waals surface area contributed by atoms with E-state index in [1.807, 2.05) is 131 Å². The van der Waals surface area contributed by atoms with E-state index in [4.69, 9.17) is 9.47 Å². The monoisotopic (exact) mass is 940 g/mol. The van der Waals surface area contributed by atoms with Gasteiger partial charge in [-0.25, -0.2) is 8.42 Å². The highest BCUT2D eigenvalue weighted by atomic mass is 32.2. The minimum absolute atomic E-state index is 0.0437. The Labute approximate surface area is 403 Å². The second-order valence-electron chi connectivity index (χ2n) is 20.1. The Morgan fingerprint density at radius 1 is 0.779 bits per heavy atom. The SMILES string of the molecule is Cc1ccc(S(=O)(=O)NC(Cc2ccccc2)C(=O)NCc2ccccc2-c2ccc(C3OC(CN4C(C(=O)NC(C)(C)C)CCC5CCCCC54)C(C)C(c4ccc(CO)cc4)O3)cc2)cc1. The fourth-order valence-corrected chi connectivity index (χ4v) is 11.6. The fraction of sp³-hybridized carbons (Fsp3) is 0.429. The lowest BCUT2D eigenvalue weighted by Crippen LogP contribution is -2.61. The van der Waals surface area contributed by atoms with Crippen LogP contribution in [0.4, 0.5) is 0 Å². The number of amides is 2. The number of nitrogens with zero attached hydrogens (tertiary/aromatic N) is 1. The molecule has 0 aromatic heterocycles. The first-order valence-corrected chi connectivity index (χ1v) is 25.8. The van der Waals surface area contributed by atoms with Crippen molar-refractivity contribution in [2.75, 3.05) is 6.54 Å². The van der Waals surface area contributed by atoms with Gasteiger partial charge in [0.1, 0.15) is 6.04 Å². The van der Waals surface area contributed by atoms with Gasteiger partial charge in [0.15, 0.2) is 6.29 Å². The van der Waals surface area contributed by atoms with Crippen molar-refractivity contribution in [3.05, 3.63) is 161 Å². The van der Waals surface area contributed by atoms with Crippen LogP contribution in [0.3, 0.4) is 0 Å². The topological polar surface area (TPSA) is 146 Å². The van der Waals surface area contributed by atoms with Gasteiger partial charge in [-0.1, -0.05) is 141 Å². The summed E-state index contributed by atoms with van der Waals surface area (Å²) in [6, 6.07) is 38.9. The van der Waals surface area contributed by atoms with Crippen molar-refractivity contribution in [1.82, 2.24) is 20.3 Å². The number of benzene rings is 5. The number of carbonyl (C=O) groups excluding carboxylic acids is 2. The highest BCUT2D eigenvalue weighted by Crippen LogP contribution is 2.45. The van der Waals surface area contributed by atoms with E-state index >= 15 is 0 Å². The molecule has 3 fully saturated rings. The predicted molar refractivity (Wildman–Crippen MR) is 265 cm³/mol. The summed E-state index contributed by atoms with van der Waals surface area (Å²) >= 11 is 0. The molecule has 0 spiro atoms. The van der Waals surface area contributed by atoms with E-state index in [9.17, 15) is 23.1 Å². The molecule has 360 valence electrons. The lowest BCUT2D eigenvalue weighted by molar-refractivity contribution is -0.278. The Kier molecular flexibility index (Phi) is 15.6. The number of hydrogen-bond donors (Lipinski definition) is 4. The van der Waals surface area contributed by atoms with Crippen LogP contribution in [0.25, 0.3) is 11.1 Å². The Balaban J connectivity index is 1.03. The first-order valence-electron chi connectivity index (χ1n) is 24.3. The molecule has 8 rings (SSSR count). The highest BCUT2D eigenvalue weighted by Gasteiger charge is 2.46. The van der Waals surface area contributed by atoms with E-state index in [2.05, 4.69) is 27.2 Å². The van der Waals surface area contributed by atoms with Crippen LogP contribution in [-0.2, 0) is 48.7 Å². The minimum Gasteiger partial charge on any atom is -0.392 e. The number of aliphatic hydroxyl groups excluding tert-OH is 1. The lowest BCUT2D eigenvalue weighted by Gasteiger charge is -2.51. The number of hydrogen-bond acceptors (Lipinski definition) is 8. The third-order valence-electron chi connectivity index (χ3n) is 14.0. The van der Waals surface area contributed by atoms with Crippen molar-refractivity contribution in [1.29, 1.82) is 0 Å². The van der Waals surface area contributed by atoms with Gasteiger partial charge in [0, 0.05) is 36.2 Å². The molecule has 11 nitrogen and oxygen atoms in total. The van der Waals surface area contributed by atoms with Gasteiger partial charge in [-0.05, 0) is 111 Å². The number of rotatable bonds is 15. The van der Waals surface area contributed by atoms with Gasteiger partial charge < -0.3 is 25.2 Å². The number of nitrogens with one attached hydrogen (secondary N) is 3. The molecule has 1 aliphatic carbocycles. The molecule has 8 unspecified atom stereocenters. The predicted octanol–water partition coefficient (Wildman–Crippen LogP) is 9.09. The summed E-state index contributed by atoms with van der Waals surface area (Å²) < 4.78 is 43.7. The summed E-state index contributed by atoms with van der Waals surface area (Å²) in [5.74, 6) is 0.161. The Hall–Kier alpha value is -5.21. The van der Waals surface area contributed by atoms with E-state index in [1.54, 1.807) is 24.3 Å². The molecular weight excluding hydrogens is 873 g/mol. The summed E-state index contributed by atoms with van der Waals surface area (Å²) in [7, 11) is -4.00. The van der Waals surface area contributed by atoms with Crippen LogP contribution >= 0.6 is 0 Å². The largest absolute Gasteiger partial charge is 0.392 e. The first-order chi connectivity index (χ1) is 32.7. The molecule has 2 amide bonds. The molecule has 5 aromatic carbocycles. The van der Waals surface area contributed by atoms with Crippen molar-refractivity contribution in [2.45, 2.75) is 140 Å². The maximum absolute atomic E-state index is 14.0. The van der Waals surface area contributed by atoms with Gasteiger partial charge in [0.25, 0.3) is 0 Å². The van der Waals surface area contributed by atoms with Crippen LogP contribution in [-0.4, -0.2) is 66.6 Å². The van der Waals surface area contributed by atoms with Gasteiger partial charge in [0.2, 0.25) is 21.8 Å². The highest BCUT2D eigenvalue weighted by molar-refractivity contribution is 7.89. The number of likely N-dealkylation sites (tertiary alicyclic amines) is 1. The summed E-state index contributed by atoms with van der Waals surface area (Å²) in [6.45, 7) is 10.9. The van der Waals surface area contributed by atoms with E-state index < -0.39 is 28.3 Å². The van der Waals surface area contributed by atoms with E-state index in [0.29, 0.717) is 18.5 Å². The average molecular weight is 941 g/mol. The second-order valence-corrected chi connectivity index (χ2v) is 21.9. The van der Waals surface area contributed by atoms with Crippen molar-refractivity contribution >= 4 is 21.8 Å². The molecule has 0 radical (unpaired) electrons. The number of fused-ring (bicyclic) bond motifs is 1. The molecule has 4 N–H and O–H groups in total. The zero-order chi connectivity index (χ0) is 48.0. The zero-order valence-corrected chi connectivity index (χ0v) is 40.9. The Bertz CT molecular complexity index is 2580. The zero-order valence-electron chi connectivity index (χ0n) is 40.1. The standard InChI is InChI=1S/C56H68N4O7S/c1-37-19-30-46(31-20-37)68(64,65)59-48(33-39-13-7-6-8-14-39)53(62)57-34-45-16-9-11-17-47(45)41-25-27-44(28-26-41)55-66-51(38(2)52(67-55)43-23-21-40(36-61)22-24-43)35-60-49-18-12-10-15-42(49)29-32-50(60)54(63)58-56(3,4)5/h6-9,11,13-14,16-17,19-28,30-31,38,42,48-52,55,59,61H,10,12,15,18,29,32-36H2,1-5H3,(H,57,62)(H,58,63). The third-order valence-corrected chi connectivity index (χ3v) is 15.5. The van der Waals surface area contributed by atoms with Crippen LogP contribution in [0, 0.1) is 18.8 Å².